The fourth-order valence-corrected chi connectivity index (χ4v) is 2.06. The van der Waals surface area contributed by atoms with E-state index in [2.05, 4.69) is 19.6 Å². The topological polar surface area (TPSA) is 64.6 Å². The summed E-state index contributed by atoms with van der Waals surface area (Å²) >= 11 is 0. The lowest BCUT2D eigenvalue weighted by Crippen LogP contribution is -2.33. The first-order chi connectivity index (χ1) is 9.29. The van der Waals surface area contributed by atoms with Gasteiger partial charge in [-0.05, 0) is 25.9 Å². The van der Waals surface area contributed by atoms with Gasteiger partial charge in [0.25, 0.3) is 0 Å². The first-order valence-electron chi connectivity index (χ1n) is 6.55. The molecular weight excluding hydrogens is 246 g/mol. The standard InChI is InChI=1S/C13H19N3O3/c1-18-13(17)11-9-15-12(10-14-11)19-8-7-16-5-3-2-4-6-16/h9-10H,2-8H2,1H3. The monoisotopic (exact) mass is 265 g/mol. The van der Waals surface area contributed by atoms with Crippen LogP contribution in [0.3, 0.4) is 0 Å². The van der Waals surface area contributed by atoms with E-state index in [-0.39, 0.29) is 5.69 Å². The highest BCUT2D eigenvalue weighted by Gasteiger charge is 2.10. The number of rotatable bonds is 5. The maximum Gasteiger partial charge on any atom is 0.358 e. The van der Waals surface area contributed by atoms with Gasteiger partial charge in [0.2, 0.25) is 5.88 Å². The first kappa shape index (κ1) is 13.7. The Bertz CT molecular complexity index is 402. The third kappa shape index (κ3) is 4.17. The second-order valence-corrected chi connectivity index (χ2v) is 4.48. The fourth-order valence-electron chi connectivity index (χ4n) is 2.06. The molecule has 1 aliphatic heterocycles. The van der Waals surface area contributed by atoms with Crippen molar-refractivity contribution >= 4 is 5.97 Å². The molecule has 104 valence electrons. The molecule has 1 saturated heterocycles. The zero-order chi connectivity index (χ0) is 13.5. The maximum atomic E-state index is 11.2. The van der Waals surface area contributed by atoms with Gasteiger partial charge in [-0.3, -0.25) is 4.90 Å². The Labute approximate surface area is 112 Å². The maximum absolute atomic E-state index is 11.2. The van der Waals surface area contributed by atoms with Crippen molar-refractivity contribution in [3.8, 4) is 5.88 Å². The number of carbonyl (C=O) groups excluding carboxylic acids is 1. The number of nitrogens with zero attached hydrogens (tertiary/aromatic N) is 3. The summed E-state index contributed by atoms with van der Waals surface area (Å²) in [6.07, 6.45) is 6.68. The van der Waals surface area contributed by atoms with Gasteiger partial charge >= 0.3 is 5.97 Å². The molecule has 1 aromatic rings. The van der Waals surface area contributed by atoms with Crippen LogP contribution in [0.5, 0.6) is 5.88 Å². The van der Waals surface area contributed by atoms with Crippen molar-refractivity contribution in [3.05, 3.63) is 18.1 Å². The van der Waals surface area contributed by atoms with Gasteiger partial charge in [-0.1, -0.05) is 6.42 Å². The van der Waals surface area contributed by atoms with Crippen molar-refractivity contribution in [1.29, 1.82) is 0 Å². The van der Waals surface area contributed by atoms with Crippen LogP contribution in [0, 0.1) is 0 Å². The lowest BCUT2D eigenvalue weighted by Gasteiger charge is -2.25. The highest BCUT2D eigenvalue weighted by Crippen LogP contribution is 2.09. The molecule has 1 aliphatic rings. The predicted molar refractivity (Wildman–Crippen MR) is 69.2 cm³/mol. The molecule has 0 unspecified atom stereocenters. The molecule has 0 bridgehead atoms. The van der Waals surface area contributed by atoms with E-state index < -0.39 is 5.97 Å². The third-order valence-electron chi connectivity index (χ3n) is 3.13. The zero-order valence-electron chi connectivity index (χ0n) is 11.2. The van der Waals surface area contributed by atoms with E-state index in [1.807, 2.05) is 0 Å². The molecule has 0 spiro atoms. The molecule has 2 rings (SSSR count). The van der Waals surface area contributed by atoms with Gasteiger partial charge in [-0.25, -0.2) is 14.8 Å². The molecule has 1 fully saturated rings. The van der Waals surface area contributed by atoms with Gasteiger partial charge in [0, 0.05) is 6.54 Å². The molecule has 0 atom stereocenters. The Kier molecular flexibility index (Phi) is 5.09. The average Bonchev–Trinajstić information content (AvgIpc) is 2.48. The van der Waals surface area contributed by atoms with E-state index in [0.717, 1.165) is 19.6 Å². The summed E-state index contributed by atoms with van der Waals surface area (Å²) in [7, 11) is 1.31. The molecule has 0 N–H and O–H groups in total. The number of ether oxygens (including phenoxy) is 2. The van der Waals surface area contributed by atoms with Crippen LogP contribution >= 0.6 is 0 Å². The number of likely N-dealkylation sites (tertiary alicyclic amines) is 1. The average molecular weight is 265 g/mol. The summed E-state index contributed by atoms with van der Waals surface area (Å²) in [5.74, 6) is -0.0583. The highest BCUT2D eigenvalue weighted by atomic mass is 16.5. The molecule has 19 heavy (non-hydrogen) atoms. The minimum atomic E-state index is -0.493. The third-order valence-corrected chi connectivity index (χ3v) is 3.13. The van der Waals surface area contributed by atoms with Gasteiger partial charge in [0.05, 0.1) is 19.5 Å². The summed E-state index contributed by atoms with van der Waals surface area (Å²) in [6.45, 7) is 3.79. The van der Waals surface area contributed by atoms with Gasteiger partial charge in [0.1, 0.15) is 6.61 Å². The van der Waals surface area contributed by atoms with Crippen molar-refractivity contribution in [1.82, 2.24) is 14.9 Å². The predicted octanol–water partition coefficient (Wildman–Crippen LogP) is 1.13. The summed E-state index contributed by atoms with van der Waals surface area (Å²) in [5, 5.41) is 0. The van der Waals surface area contributed by atoms with Crippen LogP contribution in [0.15, 0.2) is 12.4 Å². The second-order valence-electron chi connectivity index (χ2n) is 4.48. The molecule has 6 nitrogen and oxygen atoms in total. The number of piperidine rings is 1. The van der Waals surface area contributed by atoms with Gasteiger partial charge in [-0.15, -0.1) is 0 Å². The van der Waals surface area contributed by atoms with Gasteiger partial charge in [0.15, 0.2) is 5.69 Å². The smallest absolute Gasteiger partial charge is 0.358 e. The molecule has 0 aromatic carbocycles. The molecule has 0 radical (unpaired) electrons. The van der Waals surface area contributed by atoms with Crippen LogP contribution in [0.25, 0.3) is 0 Å². The minimum absolute atomic E-state index is 0.186. The lowest BCUT2D eigenvalue weighted by atomic mass is 10.1. The summed E-state index contributed by atoms with van der Waals surface area (Å²) in [5.41, 5.74) is 0.186. The largest absolute Gasteiger partial charge is 0.475 e. The normalized spacial score (nSPS) is 16.1. The fraction of sp³-hybridized carbons (Fsp3) is 0.615. The Morgan fingerprint density at radius 3 is 2.68 bits per heavy atom. The van der Waals surface area contributed by atoms with E-state index in [1.165, 1.54) is 38.8 Å². The molecule has 1 aromatic heterocycles. The van der Waals surface area contributed by atoms with Crippen LogP contribution in [0.1, 0.15) is 29.8 Å². The van der Waals surface area contributed by atoms with Crippen LogP contribution in [-0.4, -0.2) is 54.2 Å². The molecular formula is C13H19N3O3. The number of hydrogen-bond acceptors (Lipinski definition) is 6. The molecule has 0 amide bonds. The Balaban J connectivity index is 1.75. The summed E-state index contributed by atoms with van der Waals surface area (Å²) in [4.78, 5) is 21.5. The lowest BCUT2D eigenvalue weighted by molar-refractivity contribution is 0.0593. The van der Waals surface area contributed by atoms with Crippen molar-refractivity contribution in [2.45, 2.75) is 19.3 Å². The molecule has 0 aliphatic carbocycles. The molecule has 0 saturated carbocycles. The van der Waals surface area contributed by atoms with E-state index in [0.29, 0.717) is 12.5 Å². The SMILES string of the molecule is COC(=O)c1cnc(OCCN2CCCCC2)cn1. The number of carbonyl (C=O) groups is 1. The van der Waals surface area contributed by atoms with Gasteiger partial charge in [-0.2, -0.15) is 0 Å². The Morgan fingerprint density at radius 1 is 1.26 bits per heavy atom. The zero-order valence-corrected chi connectivity index (χ0v) is 11.2. The quantitative estimate of drug-likeness (QED) is 0.744. The number of aromatic nitrogens is 2. The van der Waals surface area contributed by atoms with Crippen molar-refractivity contribution in [2.75, 3.05) is 33.4 Å². The number of hydrogen-bond donors (Lipinski definition) is 0. The van der Waals surface area contributed by atoms with Crippen LogP contribution in [0.4, 0.5) is 0 Å². The van der Waals surface area contributed by atoms with E-state index in [4.69, 9.17) is 4.74 Å². The van der Waals surface area contributed by atoms with E-state index in [1.54, 1.807) is 0 Å². The van der Waals surface area contributed by atoms with E-state index in [9.17, 15) is 4.79 Å². The summed E-state index contributed by atoms with van der Waals surface area (Å²) in [6, 6.07) is 0. The van der Waals surface area contributed by atoms with Crippen LogP contribution in [0.2, 0.25) is 0 Å². The first-order valence-corrected chi connectivity index (χ1v) is 6.55. The Morgan fingerprint density at radius 2 is 2.05 bits per heavy atom. The highest BCUT2D eigenvalue weighted by molar-refractivity contribution is 5.86. The second kappa shape index (κ2) is 7.04. The van der Waals surface area contributed by atoms with Crippen molar-refractivity contribution in [2.24, 2.45) is 0 Å². The summed E-state index contributed by atoms with van der Waals surface area (Å²) < 4.78 is 10.1. The minimum Gasteiger partial charge on any atom is -0.475 e. The van der Waals surface area contributed by atoms with Crippen molar-refractivity contribution in [3.63, 3.8) is 0 Å². The van der Waals surface area contributed by atoms with Gasteiger partial charge < -0.3 is 9.47 Å². The van der Waals surface area contributed by atoms with Crippen LogP contribution in [-0.2, 0) is 4.74 Å². The number of esters is 1. The molecule has 2 heterocycles. The van der Waals surface area contributed by atoms with Crippen LogP contribution < -0.4 is 4.74 Å². The Hall–Kier alpha value is -1.69. The molecule has 6 heteroatoms. The van der Waals surface area contributed by atoms with Crippen molar-refractivity contribution < 1.29 is 14.3 Å². The number of methoxy groups -OCH3 is 1. The van der Waals surface area contributed by atoms with E-state index >= 15 is 0 Å².